The van der Waals surface area contributed by atoms with E-state index >= 15 is 0 Å². The van der Waals surface area contributed by atoms with Crippen molar-refractivity contribution in [3.63, 3.8) is 0 Å². The predicted molar refractivity (Wildman–Crippen MR) is 71.4 cm³/mol. The molecule has 0 aliphatic heterocycles. The van der Waals surface area contributed by atoms with Crippen LogP contribution in [0.25, 0.3) is 0 Å². The first kappa shape index (κ1) is 15.7. The molecular weight excluding hydrogens is 263 g/mol. The van der Waals surface area contributed by atoms with Gasteiger partial charge in [-0.15, -0.1) is 0 Å². The topological polar surface area (TPSA) is 78.4 Å². The normalized spacial score (nSPS) is 9.35. The smallest absolute Gasteiger partial charge is 0.251 e. The molecule has 0 aliphatic rings. The van der Waals surface area contributed by atoms with E-state index in [1.165, 1.54) is 19.2 Å². The van der Waals surface area contributed by atoms with Crippen molar-refractivity contribution < 1.29 is 19.1 Å². The summed E-state index contributed by atoms with van der Waals surface area (Å²) in [6.07, 6.45) is 0.258. The number of carbonyl (C=O) groups excluding carboxylic acids is 2. The van der Waals surface area contributed by atoms with Crippen LogP contribution in [0.1, 0.15) is 22.3 Å². The summed E-state index contributed by atoms with van der Waals surface area (Å²) >= 11 is 0. The second kappa shape index (κ2) is 7.92. The molecule has 0 spiro atoms. The Morgan fingerprint density at radius 1 is 1.40 bits per heavy atom. The number of aliphatic hydroxyl groups excluding tert-OH is 1. The third kappa shape index (κ3) is 4.71. The monoisotopic (exact) mass is 278 g/mol. The highest BCUT2D eigenvalue weighted by atomic mass is 19.1. The minimum atomic E-state index is -0.622. The van der Waals surface area contributed by atoms with Crippen molar-refractivity contribution in [2.45, 2.75) is 6.42 Å². The molecule has 0 radical (unpaired) electrons. The maximum absolute atomic E-state index is 13.7. The largest absolute Gasteiger partial charge is 0.395 e. The molecule has 0 bridgehead atoms. The van der Waals surface area contributed by atoms with Gasteiger partial charge in [-0.3, -0.25) is 9.59 Å². The summed E-state index contributed by atoms with van der Waals surface area (Å²) in [5.74, 6) is 3.65. The maximum Gasteiger partial charge on any atom is 0.251 e. The molecule has 6 heteroatoms. The van der Waals surface area contributed by atoms with E-state index in [0.717, 1.165) is 6.07 Å². The zero-order valence-electron chi connectivity index (χ0n) is 11.0. The van der Waals surface area contributed by atoms with Gasteiger partial charge in [-0.1, -0.05) is 11.8 Å². The first-order valence-corrected chi connectivity index (χ1v) is 5.96. The van der Waals surface area contributed by atoms with Crippen LogP contribution < -0.4 is 10.6 Å². The number of amides is 2. The van der Waals surface area contributed by atoms with E-state index in [2.05, 4.69) is 22.5 Å². The van der Waals surface area contributed by atoms with E-state index in [0.29, 0.717) is 0 Å². The van der Waals surface area contributed by atoms with Gasteiger partial charge < -0.3 is 15.7 Å². The van der Waals surface area contributed by atoms with E-state index in [-0.39, 0.29) is 36.6 Å². The van der Waals surface area contributed by atoms with Gasteiger partial charge in [0.2, 0.25) is 5.91 Å². The summed E-state index contributed by atoms with van der Waals surface area (Å²) < 4.78 is 13.7. The van der Waals surface area contributed by atoms with Crippen LogP contribution in [0.15, 0.2) is 18.2 Å². The van der Waals surface area contributed by atoms with Crippen molar-refractivity contribution in [1.82, 2.24) is 10.6 Å². The maximum atomic E-state index is 13.7. The first-order chi connectivity index (χ1) is 9.58. The lowest BCUT2D eigenvalue weighted by Gasteiger charge is -2.05. The van der Waals surface area contributed by atoms with Crippen LogP contribution in [0.3, 0.4) is 0 Å². The molecule has 0 heterocycles. The van der Waals surface area contributed by atoms with Crippen LogP contribution in [-0.4, -0.2) is 37.1 Å². The minimum absolute atomic E-state index is 0.0887. The lowest BCUT2D eigenvalue weighted by Crippen LogP contribution is -2.35. The van der Waals surface area contributed by atoms with Gasteiger partial charge >= 0.3 is 0 Å². The first-order valence-electron chi connectivity index (χ1n) is 5.96. The molecule has 20 heavy (non-hydrogen) atoms. The molecule has 0 saturated heterocycles. The Morgan fingerprint density at radius 2 is 2.15 bits per heavy atom. The summed E-state index contributed by atoms with van der Waals surface area (Å²) in [6.45, 7) is -0.260. The van der Waals surface area contributed by atoms with Gasteiger partial charge in [-0.05, 0) is 18.2 Å². The molecule has 1 aromatic carbocycles. The van der Waals surface area contributed by atoms with Gasteiger partial charge in [0.15, 0.2) is 0 Å². The summed E-state index contributed by atoms with van der Waals surface area (Å²) in [6, 6.07) is 3.86. The highest BCUT2D eigenvalue weighted by molar-refractivity contribution is 5.96. The van der Waals surface area contributed by atoms with Crippen molar-refractivity contribution in [3.05, 3.63) is 35.1 Å². The van der Waals surface area contributed by atoms with Crippen LogP contribution in [-0.2, 0) is 4.79 Å². The molecule has 0 aliphatic carbocycles. The summed E-state index contributed by atoms with van der Waals surface area (Å²) in [4.78, 5) is 22.6. The summed E-state index contributed by atoms with van der Waals surface area (Å²) in [7, 11) is 1.45. The molecule has 3 N–H and O–H groups in total. The molecule has 0 saturated carbocycles. The fourth-order valence-corrected chi connectivity index (χ4v) is 1.32. The number of halogens is 1. The SMILES string of the molecule is CNC(=O)CNC(=O)c1ccc(C#CCCO)c(F)c1. The zero-order chi connectivity index (χ0) is 15.0. The fourth-order valence-electron chi connectivity index (χ4n) is 1.32. The standard InChI is InChI=1S/C14H15FN2O3/c1-16-13(19)9-17-14(20)11-6-5-10(12(15)8-11)4-2-3-7-18/h5-6,8,18H,3,7,9H2,1H3,(H,16,19)(H,17,20). The van der Waals surface area contributed by atoms with E-state index in [4.69, 9.17) is 5.11 Å². The molecule has 0 fully saturated rings. The van der Waals surface area contributed by atoms with Crippen LogP contribution in [0.5, 0.6) is 0 Å². The highest BCUT2D eigenvalue weighted by Gasteiger charge is 2.09. The van der Waals surface area contributed by atoms with Gasteiger partial charge in [0, 0.05) is 19.0 Å². The van der Waals surface area contributed by atoms with E-state index in [1.54, 1.807) is 0 Å². The van der Waals surface area contributed by atoms with Gasteiger partial charge in [0.05, 0.1) is 18.7 Å². The van der Waals surface area contributed by atoms with Crippen molar-refractivity contribution >= 4 is 11.8 Å². The number of hydrogen-bond acceptors (Lipinski definition) is 3. The van der Waals surface area contributed by atoms with E-state index in [9.17, 15) is 14.0 Å². The van der Waals surface area contributed by atoms with Crippen molar-refractivity contribution in [1.29, 1.82) is 0 Å². The van der Waals surface area contributed by atoms with Crippen LogP contribution in [0.4, 0.5) is 4.39 Å². The second-order valence-electron chi connectivity index (χ2n) is 3.83. The Bertz CT molecular complexity index is 561. The minimum Gasteiger partial charge on any atom is -0.395 e. The van der Waals surface area contributed by atoms with Gasteiger partial charge in [-0.2, -0.15) is 0 Å². The number of aliphatic hydroxyl groups is 1. The van der Waals surface area contributed by atoms with Crippen LogP contribution in [0.2, 0.25) is 0 Å². The van der Waals surface area contributed by atoms with Crippen molar-refractivity contribution in [3.8, 4) is 11.8 Å². The van der Waals surface area contributed by atoms with Gasteiger partial charge in [-0.25, -0.2) is 4.39 Å². The van der Waals surface area contributed by atoms with E-state index < -0.39 is 11.7 Å². The van der Waals surface area contributed by atoms with Crippen molar-refractivity contribution in [2.75, 3.05) is 20.2 Å². The number of carbonyl (C=O) groups is 2. The average molecular weight is 278 g/mol. The van der Waals surface area contributed by atoms with Gasteiger partial charge in [0.1, 0.15) is 5.82 Å². The molecule has 1 aromatic rings. The number of benzene rings is 1. The lowest BCUT2D eigenvalue weighted by atomic mass is 10.1. The Morgan fingerprint density at radius 3 is 2.75 bits per heavy atom. The van der Waals surface area contributed by atoms with Gasteiger partial charge in [0.25, 0.3) is 5.91 Å². The zero-order valence-corrected chi connectivity index (χ0v) is 11.0. The molecule has 5 nitrogen and oxygen atoms in total. The number of hydrogen-bond donors (Lipinski definition) is 3. The quantitative estimate of drug-likeness (QED) is 0.680. The third-order valence-electron chi connectivity index (χ3n) is 2.38. The Balaban J connectivity index is 2.74. The Labute approximate surface area is 116 Å². The van der Waals surface area contributed by atoms with Crippen LogP contribution in [0, 0.1) is 17.7 Å². The van der Waals surface area contributed by atoms with E-state index in [1.807, 2.05) is 0 Å². The van der Waals surface area contributed by atoms with Crippen LogP contribution >= 0.6 is 0 Å². The second-order valence-corrected chi connectivity index (χ2v) is 3.83. The molecule has 2 amide bonds. The Kier molecular flexibility index (Phi) is 6.20. The Hall–Kier alpha value is -2.39. The highest BCUT2D eigenvalue weighted by Crippen LogP contribution is 2.09. The molecule has 0 atom stereocenters. The third-order valence-corrected chi connectivity index (χ3v) is 2.38. The predicted octanol–water partition coefficient (Wildman–Crippen LogP) is 0.0354. The molecule has 106 valence electrons. The summed E-state index contributed by atoms with van der Waals surface area (Å²) in [5, 5.41) is 13.3. The number of rotatable bonds is 4. The number of likely N-dealkylation sites (N-methyl/N-ethyl adjacent to an activating group) is 1. The lowest BCUT2D eigenvalue weighted by molar-refractivity contribution is -0.119. The van der Waals surface area contributed by atoms with Crippen molar-refractivity contribution in [2.24, 2.45) is 0 Å². The summed E-state index contributed by atoms with van der Waals surface area (Å²) in [5.41, 5.74) is 0.264. The molecule has 0 unspecified atom stereocenters. The molecular formula is C14H15FN2O3. The number of nitrogens with one attached hydrogen (secondary N) is 2. The molecule has 0 aromatic heterocycles. The average Bonchev–Trinajstić information content (AvgIpc) is 2.46. The molecule has 1 rings (SSSR count). The fraction of sp³-hybridized carbons (Fsp3) is 0.286.